The third kappa shape index (κ3) is 2.09. The van der Waals surface area contributed by atoms with E-state index in [2.05, 4.69) is 24.9 Å². The second-order valence-corrected chi connectivity index (χ2v) is 3.22. The van der Waals surface area contributed by atoms with Crippen molar-refractivity contribution in [3.05, 3.63) is 18.2 Å². The van der Waals surface area contributed by atoms with E-state index >= 15 is 0 Å². The fourth-order valence-corrected chi connectivity index (χ4v) is 1.14. The first-order valence-corrected chi connectivity index (χ1v) is 4.11. The fourth-order valence-electron chi connectivity index (χ4n) is 1.14. The number of hydrogen-bond donors (Lipinski definition) is 0. The molecule has 0 atom stereocenters. The summed E-state index contributed by atoms with van der Waals surface area (Å²) in [5, 5.41) is 8.49. The average Bonchev–Trinajstić information content (AvgIpc) is 2.37. The highest BCUT2D eigenvalue weighted by Crippen LogP contribution is 2.03. The highest BCUT2D eigenvalue weighted by atomic mass is 15.1. The molecule has 0 aromatic carbocycles. The Hall–Kier alpha value is -1.30. The molecule has 0 saturated heterocycles. The first-order chi connectivity index (χ1) is 5.74. The second kappa shape index (κ2) is 3.91. The molecule has 0 aliphatic rings. The van der Waals surface area contributed by atoms with E-state index in [9.17, 15) is 0 Å². The van der Waals surface area contributed by atoms with Gasteiger partial charge in [0.2, 0.25) is 0 Å². The van der Waals surface area contributed by atoms with Gasteiger partial charge in [-0.25, -0.2) is 4.98 Å². The van der Waals surface area contributed by atoms with Crippen LogP contribution in [-0.4, -0.2) is 9.55 Å². The van der Waals surface area contributed by atoms with Gasteiger partial charge in [-0.15, -0.1) is 0 Å². The van der Waals surface area contributed by atoms with Crippen molar-refractivity contribution in [1.29, 1.82) is 5.26 Å². The van der Waals surface area contributed by atoms with Crippen molar-refractivity contribution in [3.63, 3.8) is 0 Å². The van der Waals surface area contributed by atoms with Crippen LogP contribution in [0, 0.1) is 17.2 Å². The van der Waals surface area contributed by atoms with Gasteiger partial charge >= 0.3 is 0 Å². The van der Waals surface area contributed by atoms with Gasteiger partial charge in [0.15, 0.2) is 0 Å². The van der Waals surface area contributed by atoms with E-state index in [4.69, 9.17) is 5.26 Å². The monoisotopic (exact) mass is 163 g/mol. The summed E-state index contributed by atoms with van der Waals surface area (Å²) in [5.41, 5.74) is 0. The van der Waals surface area contributed by atoms with Gasteiger partial charge in [-0.05, 0) is 5.92 Å². The lowest BCUT2D eigenvalue weighted by Gasteiger charge is -2.07. The Morgan fingerprint density at radius 2 is 2.42 bits per heavy atom. The predicted molar refractivity (Wildman–Crippen MR) is 46.4 cm³/mol. The van der Waals surface area contributed by atoms with Crippen LogP contribution in [0.3, 0.4) is 0 Å². The van der Waals surface area contributed by atoms with Crippen LogP contribution in [0.2, 0.25) is 0 Å². The molecule has 64 valence electrons. The number of imidazole rings is 1. The van der Waals surface area contributed by atoms with E-state index in [1.54, 1.807) is 6.20 Å². The molecule has 0 amide bonds. The largest absolute Gasteiger partial charge is 0.334 e. The summed E-state index contributed by atoms with van der Waals surface area (Å²) in [4.78, 5) is 4.10. The van der Waals surface area contributed by atoms with Crippen molar-refractivity contribution < 1.29 is 0 Å². The summed E-state index contributed by atoms with van der Waals surface area (Å²) >= 11 is 0. The third-order valence-electron chi connectivity index (χ3n) is 1.60. The summed E-state index contributed by atoms with van der Waals surface area (Å²) in [6, 6.07) is 2.10. The Bertz CT molecular complexity index is 280. The lowest BCUT2D eigenvalue weighted by molar-refractivity contribution is 0.511. The molecular weight excluding hydrogens is 150 g/mol. The van der Waals surface area contributed by atoms with Crippen LogP contribution in [-0.2, 0) is 13.0 Å². The molecule has 0 spiro atoms. The molecule has 0 aliphatic carbocycles. The smallest absolute Gasteiger partial charge is 0.122 e. The van der Waals surface area contributed by atoms with Crippen molar-refractivity contribution in [2.24, 2.45) is 5.92 Å². The normalized spacial score (nSPS) is 10.2. The summed E-state index contributed by atoms with van der Waals surface area (Å²) < 4.78 is 2.04. The van der Waals surface area contributed by atoms with Gasteiger partial charge in [0, 0.05) is 18.9 Å². The van der Waals surface area contributed by atoms with Gasteiger partial charge in [0.05, 0.1) is 12.5 Å². The molecule has 0 bridgehead atoms. The molecule has 1 rings (SSSR count). The van der Waals surface area contributed by atoms with Crippen molar-refractivity contribution in [2.45, 2.75) is 26.8 Å². The minimum atomic E-state index is 0.403. The Labute approximate surface area is 72.7 Å². The zero-order valence-electron chi connectivity index (χ0n) is 7.49. The third-order valence-corrected chi connectivity index (χ3v) is 1.60. The Morgan fingerprint density at radius 3 is 3.00 bits per heavy atom. The molecule has 12 heavy (non-hydrogen) atoms. The van der Waals surface area contributed by atoms with Crippen LogP contribution in [0.5, 0.6) is 0 Å². The predicted octanol–water partition coefficient (Wildman–Crippen LogP) is 1.61. The molecule has 0 aliphatic heterocycles. The maximum Gasteiger partial charge on any atom is 0.122 e. The summed E-state index contributed by atoms with van der Waals surface area (Å²) in [7, 11) is 0. The van der Waals surface area contributed by atoms with Gasteiger partial charge in [-0.3, -0.25) is 0 Å². The minimum absolute atomic E-state index is 0.403. The summed E-state index contributed by atoms with van der Waals surface area (Å²) in [6.07, 6.45) is 4.07. The first kappa shape index (κ1) is 8.79. The molecule has 0 saturated carbocycles. The molecule has 0 unspecified atom stereocenters. The Kier molecular flexibility index (Phi) is 2.87. The molecule has 1 heterocycles. The maximum absolute atomic E-state index is 8.49. The standard InChI is InChI=1S/C9H13N3/c1-8(2)7-12-6-5-11-9(12)3-4-10/h5-6,8H,3,7H2,1-2H3. The minimum Gasteiger partial charge on any atom is -0.334 e. The molecule has 1 aromatic heterocycles. The highest BCUT2D eigenvalue weighted by Gasteiger charge is 2.02. The lowest BCUT2D eigenvalue weighted by Crippen LogP contribution is -2.07. The molecular formula is C9H13N3. The van der Waals surface area contributed by atoms with Crippen molar-refractivity contribution in [3.8, 4) is 6.07 Å². The number of hydrogen-bond acceptors (Lipinski definition) is 2. The summed E-state index contributed by atoms with van der Waals surface area (Å²) in [5.74, 6) is 1.46. The van der Waals surface area contributed by atoms with Crippen LogP contribution < -0.4 is 0 Å². The molecule has 3 nitrogen and oxygen atoms in total. The van der Waals surface area contributed by atoms with Gasteiger partial charge < -0.3 is 4.57 Å². The van der Waals surface area contributed by atoms with Crippen LogP contribution in [0.15, 0.2) is 12.4 Å². The lowest BCUT2D eigenvalue weighted by atomic mass is 10.2. The van der Waals surface area contributed by atoms with Crippen molar-refractivity contribution in [1.82, 2.24) is 9.55 Å². The van der Waals surface area contributed by atoms with E-state index in [0.717, 1.165) is 12.4 Å². The quantitative estimate of drug-likeness (QED) is 0.679. The average molecular weight is 163 g/mol. The number of aromatic nitrogens is 2. The SMILES string of the molecule is CC(C)Cn1ccnc1CC#N. The van der Waals surface area contributed by atoms with Crippen LogP contribution >= 0.6 is 0 Å². The van der Waals surface area contributed by atoms with Crippen molar-refractivity contribution in [2.75, 3.05) is 0 Å². The van der Waals surface area contributed by atoms with Crippen molar-refractivity contribution >= 4 is 0 Å². The van der Waals surface area contributed by atoms with E-state index in [-0.39, 0.29) is 0 Å². The topological polar surface area (TPSA) is 41.6 Å². The Morgan fingerprint density at radius 1 is 1.67 bits per heavy atom. The zero-order valence-corrected chi connectivity index (χ0v) is 7.49. The van der Waals surface area contributed by atoms with Gasteiger partial charge in [0.25, 0.3) is 0 Å². The molecule has 0 radical (unpaired) electrons. The van der Waals surface area contributed by atoms with Gasteiger partial charge in [-0.1, -0.05) is 13.8 Å². The van der Waals surface area contributed by atoms with Crippen LogP contribution in [0.1, 0.15) is 19.7 Å². The fraction of sp³-hybridized carbons (Fsp3) is 0.556. The first-order valence-electron chi connectivity index (χ1n) is 4.11. The number of rotatable bonds is 3. The van der Waals surface area contributed by atoms with Crippen LogP contribution in [0.4, 0.5) is 0 Å². The van der Waals surface area contributed by atoms with E-state index < -0.39 is 0 Å². The molecule has 0 N–H and O–H groups in total. The second-order valence-electron chi connectivity index (χ2n) is 3.22. The molecule has 3 heteroatoms. The number of nitrogens with zero attached hydrogens (tertiary/aromatic N) is 3. The zero-order chi connectivity index (χ0) is 8.97. The molecule has 1 aromatic rings. The maximum atomic E-state index is 8.49. The van der Waals surface area contributed by atoms with Gasteiger partial charge in [-0.2, -0.15) is 5.26 Å². The highest BCUT2D eigenvalue weighted by molar-refractivity contribution is 4.99. The Balaban J connectivity index is 2.71. The van der Waals surface area contributed by atoms with E-state index in [1.165, 1.54) is 0 Å². The van der Waals surface area contributed by atoms with E-state index in [0.29, 0.717) is 12.3 Å². The number of nitriles is 1. The summed E-state index contributed by atoms with van der Waals surface area (Å²) in [6.45, 7) is 5.24. The van der Waals surface area contributed by atoms with E-state index in [1.807, 2.05) is 10.8 Å². The molecule has 0 fully saturated rings. The van der Waals surface area contributed by atoms with Crippen LogP contribution in [0.25, 0.3) is 0 Å². The van der Waals surface area contributed by atoms with Gasteiger partial charge in [0.1, 0.15) is 5.82 Å².